The number of ether oxygens (including phenoxy) is 1. The van der Waals surface area contributed by atoms with Gasteiger partial charge in [-0.2, -0.15) is 0 Å². The van der Waals surface area contributed by atoms with Gasteiger partial charge < -0.3 is 19.9 Å². The fraction of sp³-hybridized carbons (Fsp3) is 0.357. The molecule has 212 valence electrons. The quantitative estimate of drug-likeness (QED) is 0.388. The van der Waals surface area contributed by atoms with Crippen LogP contribution in [-0.4, -0.2) is 66.0 Å². The van der Waals surface area contributed by atoms with Crippen LogP contribution in [0.5, 0.6) is 5.75 Å². The Morgan fingerprint density at radius 2 is 1.62 bits per heavy atom. The molecule has 2 aromatic carbocycles. The summed E-state index contributed by atoms with van der Waals surface area (Å²) >= 11 is 5.80. The van der Waals surface area contributed by atoms with Crippen LogP contribution < -0.4 is 20.3 Å². The molecule has 2 amide bonds. The highest BCUT2D eigenvalue weighted by atomic mass is 35.5. The van der Waals surface area contributed by atoms with Crippen LogP contribution in [0.3, 0.4) is 0 Å². The number of anilines is 3. The first-order chi connectivity index (χ1) is 18.9. The molecule has 1 aromatic heterocycles. The molecule has 0 radical (unpaired) electrons. The zero-order valence-corrected chi connectivity index (χ0v) is 23.6. The van der Waals surface area contributed by atoms with E-state index in [1.54, 1.807) is 6.07 Å². The number of aromatic nitrogens is 2. The lowest BCUT2D eigenvalue weighted by atomic mass is 10.1. The van der Waals surface area contributed by atoms with Crippen LogP contribution in [0.2, 0.25) is 5.02 Å². The Morgan fingerprint density at radius 3 is 2.33 bits per heavy atom. The molecule has 0 atom stereocenters. The Hall–Kier alpha value is -3.47. The molecule has 40 heavy (non-hydrogen) atoms. The van der Waals surface area contributed by atoms with Crippen molar-refractivity contribution < 1.29 is 18.7 Å². The lowest BCUT2D eigenvalue weighted by molar-refractivity contribution is 0.0989. The Balaban J connectivity index is 0.00000370. The van der Waals surface area contributed by atoms with Gasteiger partial charge >= 0.3 is 0 Å². The molecule has 2 fully saturated rings. The molecular weight excluding hydrogens is 558 g/mol. The number of benzene rings is 2. The molecule has 2 N–H and O–H groups in total. The summed E-state index contributed by atoms with van der Waals surface area (Å²) in [5.41, 5.74) is 1.42. The zero-order valence-electron chi connectivity index (χ0n) is 22.0. The Labute approximate surface area is 243 Å². The highest BCUT2D eigenvalue weighted by molar-refractivity contribution is 6.30. The Bertz CT molecular complexity index is 1350. The number of piperidine rings is 1. The molecule has 0 aliphatic carbocycles. The van der Waals surface area contributed by atoms with Gasteiger partial charge in [-0.25, -0.2) is 14.4 Å². The average Bonchev–Trinajstić information content (AvgIpc) is 3.47. The third-order valence-corrected chi connectivity index (χ3v) is 7.16. The average molecular weight is 589 g/mol. The van der Waals surface area contributed by atoms with Crippen molar-refractivity contribution in [1.82, 2.24) is 14.9 Å². The van der Waals surface area contributed by atoms with E-state index in [0.29, 0.717) is 16.3 Å². The van der Waals surface area contributed by atoms with Crippen molar-refractivity contribution in [3.05, 3.63) is 70.8 Å². The van der Waals surface area contributed by atoms with Gasteiger partial charge in [0.05, 0.1) is 34.2 Å². The minimum atomic E-state index is -0.681. The summed E-state index contributed by atoms with van der Waals surface area (Å²) in [7, 11) is 2.08. The number of rotatable bonds is 7. The largest absolute Gasteiger partial charge is 0.489 e. The van der Waals surface area contributed by atoms with Gasteiger partial charge in [0.1, 0.15) is 17.7 Å². The molecule has 12 heteroatoms. The van der Waals surface area contributed by atoms with E-state index in [0.717, 1.165) is 63.6 Å². The summed E-state index contributed by atoms with van der Waals surface area (Å²) in [6.45, 7) is 3.77. The van der Waals surface area contributed by atoms with Crippen molar-refractivity contribution in [1.29, 1.82) is 0 Å². The molecule has 0 spiro atoms. The molecule has 2 aliphatic heterocycles. The number of amides is 2. The van der Waals surface area contributed by atoms with Crippen LogP contribution in [0.1, 0.15) is 46.4 Å². The molecule has 0 bridgehead atoms. The number of hydrogen-bond donors (Lipinski definition) is 2. The molecule has 0 unspecified atom stereocenters. The number of carbonyl (C=O) groups excluding carboxylic acids is 2. The lowest BCUT2D eigenvalue weighted by Gasteiger charge is -2.30. The minimum Gasteiger partial charge on any atom is -0.489 e. The predicted molar refractivity (Wildman–Crippen MR) is 156 cm³/mol. The van der Waals surface area contributed by atoms with Crippen molar-refractivity contribution >= 4 is 53.1 Å². The molecule has 2 saturated heterocycles. The number of carbonyl (C=O) groups is 2. The van der Waals surface area contributed by atoms with E-state index in [4.69, 9.17) is 16.3 Å². The summed E-state index contributed by atoms with van der Waals surface area (Å²) in [6, 6.07) is 9.16. The van der Waals surface area contributed by atoms with E-state index in [-0.39, 0.29) is 35.7 Å². The molecule has 3 aromatic rings. The van der Waals surface area contributed by atoms with Gasteiger partial charge in [0.25, 0.3) is 11.8 Å². The number of nitrogens with one attached hydrogen (secondary N) is 2. The third-order valence-electron chi connectivity index (χ3n) is 6.96. The lowest BCUT2D eigenvalue weighted by Crippen LogP contribution is -2.36. The van der Waals surface area contributed by atoms with Gasteiger partial charge in [-0.05, 0) is 63.1 Å². The van der Waals surface area contributed by atoms with Gasteiger partial charge in [-0.15, -0.1) is 12.4 Å². The molecule has 0 saturated carbocycles. The SMILES string of the molecule is CN1CCC(Oc2cc(N3CCCC3)ccc2C(=O)Nc2ccc(F)cc2C(=O)Nc2ncc(Cl)cn2)CC1.Cl. The summed E-state index contributed by atoms with van der Waals surface area (Å²) in [5.74, 6) is -1.28. The summed E-state index contributed by atoms with van der Waals surface area (Å²) in [4.78, 5) is 38.9. The highest BCUT2D eigenvalue weighted by Crippen LogP contribution is 2.31. The molecule has 2 aliphatic rings. The topological polar surface area (TPSA) is 99.7 Å². The Morgan fingerprint density at radius 1 is 0.950 bits per heavy atom. The van der Waals surface area contributed by atoms with Gasteiger partial charge in [-0.3, -0.25) is 14.9 Å². The van der Waals surface area contributed by atoms with Gasteiger partial charge in [0, 0.05) is 37.9 Å². The number of nitrogens with zero attached hydrogens (tertiary/aromatic N) is 4. The second-order valence-corrected chi connectivity index (χ2v) is 10.3. The monoisotopic (exact) mass is 588 g/mol. The van der Waals surface area contributed by atoms with Crippen molar-refractivity contribution in [2.75, 3.05) is 48.8 Å². The first kappa shape index (κ1) is 29.5. The predicted octanol–water partition coefficient (Wildman–Crippen LogP) is 5.27. The minimum absolute atomic E-state index is 0. The molecule has 9 nitrogen and oxygen atoms in total. The number of likely N-dealkylation sites (tertiary alicyclic amines) is 1. The smallest absolute Gasteiger partial charge is 0.260 e. The van der Waals surface area contributed by atoms with E-state index in [1.165, 1.54) is 24.5 Å². The van der Waals surface area contributed by atoms with Crippen LogP contribution in [0, 0.1) is 5.82 Å². The standard InChI is InChI=1S/C28H30ClFN6O3.ClH/c1-35-12-8-21(9-13-35)39-25-15-20(36-10-2-3-11-36)5-6-22(25)26(37)33-24-7-4-19(30)14-23(24)27(38)34-28-31-16-18(29)17-32-28;/h4-7,14-17,21H,2-3,8-13H2,1H3,(H,33,37)(H,31,32,34,38);1H. The van der Waals surface area contributed by atoms with E-state index >= 15 is 0 Å². The normalized spacial score (nSPS) is 15.8. The summed E-state index contributed by atoms with van der Waals surface area (Å²) in [5, 5.41) is 5.58. The van der Waals surface area contributed by atoms with Crippen molar-refractivity contribution in [2.45, 2.75) is 31.8 Å². The van der Waals surface area contributed by atoms with Crippen LogP contribution in [0.4, 0.5) is 21.7 Å². The summed E-state index contributed by atoms with van der Waals surface area (Å²) in [6.07, 6.45) is 6.63. The van der Waals surface area contributed by atoms with E-state index in [1.807, 2.05) is 12.1 Å². The van der Waals surface area contributed by atoms with Crippen molar-refractivity contribution in [3.8, 4) is 5.75 Å². The third kappa shape index (κ3) is 7.18. The molecular formula is C28H31Cl2FN6O3. The van der Waals surface area contributed by atoms with Crippen LogP contribution in [0.15, 0.2) is 48.8 Å². The maximum atomic E-state index is 14.1. The summed E-state index contributed by atoms with van der Waals surface area (Å²) < 4.78 is 20.5. The van der Waals surface area contributed by atoms with Gasteiger partial charge in [0.2, 0.25) is 5.95 Å². The molecule has 3 heterocycles. The zero-order chi connectivity index (χ0) is 27.4. The van der Waals surface area contributed by atoms with E-state index in [9.17, 15) is 14.0 Å². The van der Waals surface area contributed by atoms with Crippen molar-refractivity contribution in [2.24, 2.45) is 0 Å². The van der Waals surface area contributed by atoms with Gasteiger partial charge in [0.15, 0.2) is 0 Å². The maximum Gasteiger partial charge on any atom is 0.260 e. The second-order valence-electron chi connectivity index (χ2n) is 9.82. The number of hydrogen-bond acceptors (Lipinski definition) is 7. The Kier molecular flexibility index (Phi) is 9.78. The first-order valence-corrected chi connectivity index (χ1v) is 13.4. The van der Waals surface area contributed by atoms with E-state index in [2.05, 4.69) is 37.4 Å². The fourth-order valence-corrected chi connectivity index (χ4v) is 4.90. The number of halogens is 3. The van der Waals surface area contributed by atoms with Crippen LogP contribution >= 0.6 is 24.0 Å². The second kappa shape index (κ2) is 13.3. The van der Waals surface area contributed by atoms with Crippen LogP contribution in [-0.2, 0) is 0 Å². The van der Waals surface area contributed by atoms with Gasteiger partial charge in [-0.1, -0.05) is 11.6 Å². The fourth-order valence-electron chi connectivity index (χ4n) is 4.80. The highest BCUT2D eigenvalue weighted by Gasteiger charge is 2.24. The van der Waals surface area contributed by atoms with Crippen molar-refractivity contribution in [3.63, 3.8) is 0 Å². The maximum absolute atomic E-state index is 14.1. The molecule has 5 rings (SSSR count). The first-order valence-electron chi connectivity index (χ1n) is 13.0. The van der Waals surface area contributed by atoms with Crippen LogP contribution in [0.25, 0.3) is 0 Å². The van der Waals surface area contributed by atoms with E-state index < -0.39 is 17.6 Å².